The molecule has 2 aromatic heterocycles. The molecule has 5 heteroatoms. The van der Waals surface area contributed by atoms with Crippen molar-refractivity contribution in [3.63, 3.8) is 0 Å². The van der Waals surface area contributed by atoms with Crippen LogP contribution in [-0.4, -0.2) is 34.4 Å². The number of nitrogens with zero attached hydrogens (tertiary/aromatic N) is 3. The number of pyridine rings is 1. The Hall–Kier alpha value is -1.26. The highest BCUT2D eigenvalue weighted by Crippen LogP contribution is 2.31. The maximum Gasteiger partial charge on any atom is 0.157 e. The first-order valence-corrected chi connectivity index (χ1v) is 6.15. The van der Waals surface area contributed by atoms with E-state index in [0.717, 1.165) is 30.9 Å². The average molecular weight is 251 g/mol. The van der Waals surface area contributed by atoms with E-state index >= 15 is 0 Å². The third kappa shape index (κ3) is 1.68. The van der Waals surface area contributed by atoms with Gasteiger partial charge in [0, 0.05) is 18.7 Å². The lowest BCUT2D eigenvalue weighted by Gasteiger charge is -2.09. The second-order valence-corrected chi connectivity index (χ2v) is 5.05. The van der Waals surface area contributed by atoms with Crippen molar-refractivity contribution < 1.29 is 0 Å². The third-order valence-electron chi connectivity index (χ3n) is 3.44. The van der Waals surface area contributed by atoms with Gasteiger partial charge >= 0.3 is 0 Å². The molecule has 2 aromatic rings. The van der Waals surface area contributed by atoms with Gasteiger partial charge < -0.3 is 15.0 Å². The maximum absolute atomic E-state index is 6.17. The zero-order valence-electron chi connectivity index (χ0n) is 9.73. The average Bonchev–Trinajstić information content (AvgIpc) is 2.84. The fourth-order valence-corrected chi connectivity index (χ4v) is 2.86. The van der Waals surface area contributed by atoms with E-state index in [1.165, 1.54) is 0 Å². The number of anilines is 1. The lowest BCUT2D eigenvalue weighted by molar-refractivity contribution is 0.409. The van der Waals surface area contributed by atoms with E-state index in [-0.39, 0.29) is 0 Å². The predicted molar refractivity (Wildman–Crippen MR) is 69.5 cm³/mol. The number of aromatic nitrogens is 2. The van der Waals surface area contributed by atoms with Gasteiger partial charge in [0.2, 0.25) is 0 Å². The summed E-state index contributed by atoms with van der Waals surface area (Å²) in [6, 6.07) is 3.79. The van der Waals surface area contributed by atoms with Gasteiger partial charge in [-0.25, -0.2) is 4.98 Å². The zero-order chi connectivity index (χ0) is 12.0. The van der Waals surface area contributed by atoms with Crippen molar-refractivity contribution in [3.8, 4) is 0 Å². The van der Waals surface area contributed by atoms with Gasteiger partial charge in [-0.3, -0.25) is 0 Å². The molecule has 1 saturated heterocycles. The number of halogens is 1. The largest absolute Gasteiger partial charge is 0.397 e. The monoisotopic (exact) mass is 250 g/mol. The van der Waals surface area contributed by atoms with Crippen LogP contribution in [0.3, 0.4) is 0 Å². The standard InChI is InChI=1S/C12H15ClN4/c1-16-6-4-8(7-16)12-15-11(13)10-9(14)3-2-5-17(10)12/h2-3,5,8H,4,6-7,14H2,1H3. The van der Waals surface area contributed by atoms with Gasteiger partial charge in [0.1, 0.15) is 11.3 Å². The maximum atomic E-state index is 6.17. The summed E-state index contributed by atoms with van der Waals surface area (Å²) < 4.78 is 2.03. The Morgan fingerprint density at radius 2 is 2.35 bits per heavy atom. The number of hydrogen-bond donors (Lipinski definition) is 1. The normalized spacial score (nSPS) is 21.4. The Balaban J connectivity index is 2.14. The number of nitrogen functional groups attached to an aromatic ring is 1. The summed E-state index contributed by atoms with van der Waals surface area (Å²) in [6.45, 7) is 2.14. The van der Waals surface area contributed by atoms with Gasteiger partial charge in [0.15, 0.2) is 5.15 Å². The SMILES string of the molecule is CN1CCC(c2nc(Cl)c3c(N)cccn23)C1. The van der Waals surface area contributed by atoms with Crippen molar-refractivity contribution in [2.24, 2.45) is 0 Å². The van der Waals surface area contributed by atoms with Crippen LogP contribution in [0.25, 0.3) is 5.52 Å². The molecule has 90 valence electrons. The van der Waals surface area contributed by atoms with Crippen molar-refractivity contribution in [2.45, 2.75) is 12.3 Å². The number of imidazole rings is 1. The van der Waals surface area contributed by atoms with Crippen LogP contribution in [0.15, 0.2) is 18.3 Å². The molecule has 1 fully saturated rings. The lowest BCUT2D eigenvalue weighted by atomic mass is 10.1. The fourth-order valence-electron chi connectivity index (χ4n) is 2.58. The molecule has 1 unspecified atom stereocenters. The summed E-state index contributed by atoms with van der Waals surface area (Å²) >= 11 is 6.17. The van der Waals surface area contributed by atoms with Crippen LogP contribution in [0.4, 0.5) is 5.69 Å². The van der Waals surface area contributed by atoms with Crippen molar-refractivity contribution in [2.75, 3.05) is 25.9 Å². The van der Waals surface area contributed by atoms with Crippen molar-refractivity contribution in [1.29, 1.82) is 0 Å². The van der Waals surface area contributed by atoms with Crippen LogP contribution >= 0.6 is 11.6 Å². The molecular formula is C12H15ClN4. The summed E-state index contributed by atoms with van der Waals surface area (Å²) in [4.78, 5) is 6.80. The van der Waals surface area contributed by atoms with E-state index in [9.17, 15) is 0 Å². The Morgan fingerprint density at radius 1 is 1.53 bits per heavy atom. The molecule has 0 spiro atoms. The van der Waals surface area contributed by atoms with Crippen LogP contribution in [-0.2, 0) is 0 Å². The van der Waals surface area contributed by atoms with Crippen LogP contribution < -0.4 is 5.73 Å². The molecule has 4 nitrogen and oxygen atoms in total. The van der Waals surface area contributed by atoms with E-state index in [2.05, 4.69) is 16.9 Å². The van der Waals surface area contributed by atoms with E-state index < -0.39 is 0 Å². The van der Waals surface area contributed by atoms with Crippen molar-refractivity contribution >= 4 is 22.8 Å². The van der Waals surface area contributed by atoms with E-state index in [1.54, 1.807) is 0 Å². The van der Waals surface area contributed by atoms with Crippen molar-refractivity contribution in [3.05, 3.63) is 29.3 Å². The number of likely N-dealkylation sites (tertiary alicyclic amines) is 1. The van der Waals surface area contributed by atoms with Crippen molar-refractivity contribution in [1.82, 2.24) is 14.3 Å². The topological polar surface area (TPSA) is 46.6 Å². The molecule has 0 radical (unpaired) electrons. The number of likely N-dealkylation sites (N-methyl/N-ethyl adjacent to an activating group) is 1. The van der Waals surface area contributed by atoms with E-state index in [0.29, 0.717) is 16.8 Å². The molecule has 1 atom stereocenters. The van der Waals surface area contributed by atoms with Gasteiger partial charge in [-0.15, -0.1) is 0 Å². The fraction of sp³-hybridized carbons (Fsp3) is 0.417. The van der Waals surface area contributed by atoms with Gasteiger partial charge in [0.05, 0.1) is 5.69 Å². The van der Waals surface area contributed by atoms with Crippen LogP contribution in [0.2, 0.25) is 5.15 Å². The Morgan fingerprint density at radius 3 is 3.06 bits per heavy atom. The van der Waals surface area contributed by atoms with E-state index in [4.69, 9.17) is 17.3 Å². The first-order chi connectivity index (χ1) is 8.16. The number of nitrogens with two attached hydrogens (primary N) is 1. The molecule has 1 aliphatic heterocycles. The molecule has 0 aromatic carbocycles. The number of fused-ring (bicyclic) bond motifs is 1. The minimum absolute atomic E-state index is 0.446. The first kappa shape index (κ1) is 10.9. The molecule has 2 N–H and O–H groups in total. The summed E-state index contributed by atoms with van der Waals surface area (Å²) in [5.74, 6) is 1.48. The molecule has 0 aliphatic carbocycles. The van der Waals surface area contributed by atoms with Crippen LogP contribution in [0.1, 0.15) is 18.2 Å². The highest BCUT2D eigenvalue weighted by Gasteiger charge is 2.26. The van der Waals surface area contributed by atoms with Crippen LogP contribution in [0, 0.1) is 0 Å². The second kappa shape index (κ2) is 3.89. The molecule has 3 rings (SSSR count). The summed E-state index contributed by atoms with van der Waals surface area (Å²) in [5, 5.41) is 0.507. The lowest BCUT2D eigenvalue weighted by Crippen LogP contribution is -2.14. The molecule has 3 heterocycles. The summed E-state index contributed by atoms with van der Waals surface area (Å²) in [7, 11) is 2.13. The minimum Gasteiger partial charge on any atom is -0.397 e. The van der Waals surface area contributed by atoms with Crippen LogP contribution in [0.5, 0.6) is 0 Å². The van der Waals surface area contributed by atoms with Gasteiger partial charge in [0.25, 0.3) is 0 Å². The summed E-state index contributed by atoms with van der Waals surface area (Å²) in [5.41, 5.74) is 7.46. The minimum atomic E-state index is 0.446. The van der Waals surface area contributed by atoms with E-state index in [1.807, 2.05) is 22.7 Å². The highest BCUT2D eigenvalue weighted by molar-refractivity contribution is 6.33. The molecule has 1 aliphatic rings. The molecule has 17 heavy (non-hydrogen) atoms. The second-order valence-electron chi connectivity index (χ2n) is 4.69. The highest BCUT2D eigenvalue weighted by atomic mass is 35.5. The first-order valence-electron chi connectivity index (χ1n) is 5.77. The molecular weight excluding hydrogens is 236 g/mol. The number of hydrogen-bond acceptors (Lipinski definition) is 3. The summed E-state index contributed by atoms with van der Waals surface area (Å²) in [6.07, 6.45) is 3.11. The Kier molecular flexibility index (Phi) is 2.49. The molecule has 0 bridgehead atoms. The van der Waals surface area contributed by atoms with Gasteiger partial charge in [-0.2, -0.15) is 0 Å². The number of rotatable bonds is 1. The third-order valence-corrected chi connectivity index (χ3v) is 3.70. The Labute approximate surface area is 105 Å². The predicted octanol–water partition coefficient (Wildman–Crippen LogP) is 1.99. The molecule has 0 amide bonds. The smallest absolute Gasteiger partial charge is 0.157 e. The van der Waals surface area contributed by atoms with Gasteiger partial charge in [-0.05, 0) is 32.1 Å². The van der Waals surface area contributed by atoms with Gasteiger partial charge in [-0.1, -0.05) is 11.6 Å². The Bertz CT molecular complexity index is 563. The molecule has 0 saturated carbocycles. The zero-order valence-corrected chi connectivity index (χ0v) is 10.5. The quantitative estimate of drug-likeness (QED) is 0.842.